The molecule has 1 saturated heterocycles. The smallest absolute Gasteiger partial charge is 0.0870 e. The quantitative estimate of drug-likeness (QED) is 0.941. The van der Waals surface area contributed by atoms with E-state index in [2.05, 4.69) is 51.8 Å². The molecule has 1 atom stereocenters. The molecule has 0 radical (unpaired) electrons. The van der Waals surface area contributed by atoms with Crippen LogP contribution >= 0.6 is 11.3 Å². The van der Waals surface area contributed by atoms with E-state index >= 15 is 0 Å². The average molecular weight is 287 g/mol. The van der Waals surface area contributed by atoms with E-state index < -0.39 is 0 Å². The molecule has 0 aromatic carbocycles. The maximum Gasteiger partial charge on any atom is 0.0870 e. The van der Waals surface area contributed by atoms with Crippen LogP contribution in [-0.4, -0.2) is 36.1 Å². The van der Waals surface area contributed by atoms with Crippen molar-refractivity contribution in [2.24, 2.45) is 0 Å². The van der Waals surface area contributed by atoms with Crippen molar-refractivity contribution in [3.63, 3.8) is 0 Å². The lowest BCUT2D eigenvalue weighted by Gasteiger charge is -2.29. The molecule has 1 N–H and O–H groups in total. The van der Waals surface area contributed by atoms with Crippen LogP contribution in [0.15, 0.2) is 35.8 Å². The molecule has 0 amide bonds. The Kier molecular flexibility index (Phi) is 4.45. The first-order valence-corrected chi connectivity index (χ1v) is 8.13. The molecule has 2 aromatic rings. The average Bonchev–Trinajstić information content (AvgIpc) is 2.85. The highest BCUT2D eigenvalue weighted by Crippen LogP contribution is 2.31. The highest BCUT2D eigenvalue weighted by molar-refractivity contribution is 7.10. The third kappa shape index (κ3) is 3.08. The molecule has 20 heavy (non-hydrogen) atoms. The predicted molar refractivity (Wildman–Crippen MR) is 84.2 cm³/mol. The summed E-state index contributed by atoms with van der Waals surface area (Å²) in [7, 11) is 0. The van der Waals surface area contributed by atoms with Crippen molar-refractivity contribution >= 4 is 11.3 Å². The van der Waals surface area contributed by atoms with Crippen LogP contribution in [0.25, 0.3) is 0 Å². The molecular formula is C16H21N3S. The number of nitrogens with one attached hydrogen (secondary N) is 1. The highest BCUT2D eigenvalue weighted by atomic mass is 32.1. The fourth-order valence-electron chi connectivity index (χ4n) is 2.73. The van der Waals surface area contributed by atoms with Crippen molar-refractivity contribution < 1.29 is 0 Å². The first-order valence-electron chi connectivity index (χ1n) is 7.25. The number of aryl methyl sites for hydroxylation is 1. The molecule has 3 rings (SSSR count). The van der Waals surface area contributed by atoms with E-state index in [4.69, 9.17) is 0 Å². The van der Waals surface area contributed by atoms with Crippen LogP contribution in [0.5, 0.6) is 0 Å². The summed E-state index contributed by atoms with van der Waals surface area (Å²) in [4.78, 5) is 8.64. The zero-order valence-corrected chi connectivity index (χ0v) is 12.7. The van der Waals surface area contributed by atoms with Gasteiger partial charge in [0.05, 0.1) is 11.7 Å². The third-order valence-electron chi connectivity index (χ3n) is 3.77. The van der Waals surface area contributed by atoms with Gasteiger partial charge in [-0.1, -0.05) is 12.1 Å². The fraction of sp³-hybridized carbons (Fsp3) is 0.438. The minimum absolute atomic E-state index is 0.301. The van der Waals surface area contributed by atoms with Gasteiger partial charge in [0.2, 0.25) is 0 Å². The molecule has 1 fully saturated rings. The minimum atomic E-state index is 0.301. The monoisotopic (exact) mass is 287 g/mol. The first kappa shape index (κ1) is 13.7. The van der Waals surface area contributed by atoms with Gasteiger partial charge in [-0.2, -0.15) is 0 Å². The fourth-order valence-corrected chi connectivity index (χ4v) is 3.60. The Morgan fingerprint density at radius 3 is 2.95 bits per heavy atom. The molecule has 2 aromatic heterocycles. The minimum Gasteiger partial charge on any atom is -0.315 e. The Labute approximate surface area is 124 Å². The number of hydrogen-bond acceptors (Lipinski definition) is 4. The van der Waals surface area contributed by atoms with Crippen LogP contribution in [0.1, 0.15) is 28.6 Å². The molecule has 3 nitrogen and oxygen atoms in total. The summed E-state index contributed by atoms with van der Waals surface area (Å²) in [5.41, 5.74) is 2.39. The summed E-state index contributed by atoms with van der Waals surface area (Å²) >= 11 is 1.83. The van der Waals surface area contributed by atoms with Crippen molar-refractivity contribution in [1.29, 1.82) is 0 Å². The van der Waals surface area contributed by atoms with E-state index in [0.717, 1.165) is 26.2 Å². The lowest BCUT2D eigenvalue weighted by molar-refractivity contribution is 0.240. The lowest BCUT2D eigenvalue weighted by Crippen LogP contribution is -2.33. The van der Waals surface area contributed by atoms with Crippen LogP contribution in [0.4, 0.5) is 0 Å². The van der Waals surface area contributed by atoms with Gasteiger partial charge < -0.3 is 5.32 Å². The first-order chi connectivity index (χ1) is 9.84. The molecule has 0 spiro atoms. The van der Waals surface area contributed by atoms with Gasteiger partial charge >= 0.3 is 0 Å². The second-order valence-electron chi connectivity index (χ2n) is 5.32. The summed E-state index contributed by atoms with van der Waals surface area (Å²) in [5, 5.41) is 5.64. The normalized spacial score (nSPS) is 18.6. The number of nitrogens with zero attached hydrogens (tertiary/aromatic N) is 2. The summed E-state index contributed by atoms with van der Waals surface area (Å²) in [6.45, 7) is 6.48. The zero-order valence-electron chi connectivity index (χ0n) is 11.9. The predicted octanol–water partition coefficient (Wildman–Crippen LogP) is 2.84. The summed E-state index contributed by atoms with van der Waals surface area (Å²) in [5.74, 6) is 0. The third-order valence-corrected chi connectivity index (χ3v) is 4.69. The maximum atomic E-state index is 4.68. The molecule has 1 unspecified atom stereocenters. The van der Waals surface area contributed by atoms with E-state index in [-0.39, 0.29) is 0 Å². The Balaban J connectivity index is 1.93. The van der Waals surface area contributed by atoms with Crippen molar-refractivity contribution in [2.45, 2.75) is 19.4 Å². The molecule has 0 bridgehead atoms. The Morgan fingerprint density at radius 2 is 2.20 bits per heavy atom. The number of pyridine rings is 1. The van der Waals surface area contributed by atoms with Crippen molar-refractivity contribution in [3.05, 3.63) is 52.0 Å². The van der Waals surface area contributed by atoms with Crippen molar-refractivity contribution in [1.82, 2.24) is 15.2 Å². The molecular weight excluding hydrogens is 266 g/mol. The van der Waals surface area contributed by atoms with E-state index in [9.17, 15) is 0 Å². The molecule has 4 heteroatoms. The van der Waals surface area contributed by atoms with E-state index in [1.54, 1.807) is 0 Å². The topological polar surface area (TPSA) is 28.2 Å². The number of rotatable bonds is 3. The Morgan fingerprint density at radius 1 is 1.25 bits per heavy atom. The van der Waals surface area contributed by atoms with Crippen molar-refractivity contribution in [3.8, 4) is 0 Å². The SMILES string of the molecule is Cc1ccc(C(c2cccs2)N2CCCNCC2)nc1. The van der Waals surface area contributed by atoms with Crippen LogP contribution < -0.4 is 5.32 Å². The van der Waals surface area contributed by atoms with Crippen LogP contribution in [-0.2, 0) is 0 Å². The largest absolute Gasteiger partial charge is 0.315 e. The second-order valence-corrected chi connectivity index (χ2v) is 6.30. The molecule has 106 valence electrons. The van der Waals surface area contributed by atoms with Gasteiger partial charge in [0.25, 0.3) is 0 Å². The van der Waals surface area contributed by atoms with E-state index in [1.165, 1.54) is 22.6 Å². The van der Waals surface area contributed by atoms with Crippen LogP contribution in [0.2, 0.25) is 0 Å². The van der Waals surface area contributed by atoms with Crippen LogP contribution in [0.3, 0.4) is 0 Å². The van der Waals surface area contributed by atoms with Gasteiger partial charge in [-0.15, -0.1) is 11.3 Å². The van der Waals surface area contributed by atoms with Gasteiger partial charge in [-0.25, -0.2) is 0 Å². The molecule has 1 aliphatic rings. The summed E-state index contributed by atoms with van der Waals surface area (Å²) in [6, 6.07) is 9.01. The number of aromatic nitrogens is 1. The Hall–Kier alpha value is -1.23. The van der Waals surface area contributed by atoms with Crippen LogP contribution in [0, 0.1) is 6.92 Å². The molecule has 0 aliphatic carbocycles. The van der Waals surface area contributed by atoms with Crippen molar-refractivity contribution in [2.75, 3.05) is 26.2 Å². The summed E-state index contributed by atoms with van der Waals surface area (Å²) in [6.07, 6.45) is 3.18. The van der Waals surface area contributed by atoms with Gasteiger partial charge in [0, 0.05) is 30.7 Å². The second kappa shape index (κ2) is 6.48. The number of thiophene rings is 1. The van der Waals surface area contributed by atoms with Gasteiger partial charge in [-0.05, 0) is 43.0 Å². The van der Waals surface area contributed by atoms with Gasteiger partial charge in [0.1, 0.15) is 0 Å². The Bertz CT molecular complexity index is 513. The van der Waals surface area contributed by atoms with E-state index in [0.29, 0.717) is 6.04 Å². The summed E-state index contributed by atoms with van der Waals surface area (Å²) < 4.78 is 0. The standard InChI is InChI=1S/C16H21N3S/c1-13-5-6-14(18-12-13)16(15-4-2-11-20-15)19-9-3-7-17-8-10-19/h2,4-6,11-12,16-17H,3,7-10H2,1H3. The lowest BCUT2D eigenvalue weighted by atomic mass is 10.1. The highest BCUT2D eigenvalue weighted by Gasteiger charge is 2.24. The zero-order chi connectivity index (χ0) is 13.8. The van der Waals surface area contributed by atoms with Gasteiger partial charge in [-0.3, -0.25) is 9.88 Å². The van der Waals surface area contributed by atoms with Gasteiger partial charge in [0.15, 0.2) is 0 Å². The number of hydrogen-bond donors (Lipinski definition) is 1. The molecule has 1 aliphatic heterocycles. The maximum absolute atomic E-state index is 4.68. The molecule has 3 heterocycles. The molecule has 0 saturated carbocycles. The van der Waals surface area contributed by atoms with E-state index in [1.807, 2.05) is 17.5 Å².